The smallest absolute Gasteiger partial charge is 0.230 e. The van der Waals surface area contributed by atoms with Gasteiger partial charge in [-0.05, 0) is 31.9 Å². The number of nitrogens with one attached hydrogen (secondary N) is 2. The Hall–Kier alpha value is -0.710. The van der Waals surface area contributed by atoms with Crippen molar-refractivity contribution in [2.24, 2.45) is 0 Å². The maximum Gasteiger partial charge on any atom is 0.230 e. The number of hydrogen-bond donors (Lipinski definition) is 2. The average Bonchev–Trinajstić information content (AvgIpc) is 2.42. The summed E-state index contributed by atoms with van der Waals surface area (Å²) in [6.07, 6.45) is 2.25. The number of piperidine rings is 1. The van der Waals surface area contributed by atoms with Gasteiger partial charge in [0.1, 0.15) is 0 Å². The molecule has 1 aromatic carbocycles. The summed E-state index contributed by atoms with van der Waals surface area (Å²) >= 11 is 1.68. The first kappa shape index (κ1) is 17.3. The maximum absolute atomic E-state index is 11.8. The molecule has 1 aliphatic rings. The third-order valence-corrected chi connectivity index (χ3v) is 4.29. The zero-order chi connectivity index (χ0) is 13.5. The van der Waals surface area contributed by atoms with Crippen LogP contribution in [0.5, 0.6) is 0 Å². The Balaban J connectivity index is 0.00000200. The number of benzene rings is 1. The second-order valence-electron chi connectivity index (χ2n) is 5.09. The number of carbonyl (C=O) groups is 1. The average molecular weight is 315 g/mol. The minimum atomic E-state index is 0. The van der Waals surface area contributed by atoms with Gasteiger partial charge < -0.3 is 10.6 Å². The van der Waals surface area contributed by atoms with E-state index in [0.29, 0.717) is 11.8 Å². The van der Waals surface area contributed by atoms with Crippen LogP contribution in [0.3, 0.4) is 0 Å². The molecule has 0 unspecified atom stereocenters. The topological polar surface area (TPSA) is 41.1 Å². The monoisotopic (exact) mass is 314 g/mol. The van der Waals surface area contributed by atoms with Gasteiger partial charge in [-0.25, -0.2) is 0 Å². The highest BCUT2D eigenvalue weighted by molar-refractivity contribution is 7.99. The van der Waals surface area contributed by atoms with E-state index in [1.807, 2.05) is 0 Å². The summed E-state index contributed by atoms with van der Waals surface area (Å²) in [5.74, 6) is 1.60. The SMILES string of the molecule is Cc1ccc(CSCC(=O)N[C@H]2CCCNC2)cc1.Cl. The molecule has 5 heteroatoms. The predicted molar refractivity (Wildman–Crippen MR) is 88.6 cm³/mol. The highest BCUT2D eigenvalue weighted by Gasteiger charge is 2.14. The molecular formula is C15H23ClN2OS. The minimum absolute atomic E-state index is 0. The predicted octanol–water partition coefficient (Wildman–Crippen LogP) is 2.52. The van der Waals surface area contributed by atoms with Crippen LogP contribution in [0.2, 0.25) is 0 Å². The molecule has 0 spiro atoms. The summed E-state index contributed by atoms with van der Waals surface area (Å²) in [5, 5.41) is 6.40. The fourth-order valence-corrected chi connectivity index (χ4v) is 2.99. The van der Waals surface area contributed by atoms with E-state index in [-0.39, 0.29) is 18.3 Å². The van der Waals surface area contributed by atoms with E-state index in [2.05, 4.69) is 41.8 Å². The van der Waals surface area contributed by atoms with Crippen molar-refractivity contribution in [1.82, 2.24) is 10.6 Å². The molecule has 20 heavy (non-hydrogen) atoms. The molecule has 1 aromatic rings. The molecule has 0 radical (unpaired) electrons. The summed E-state index contributed by atoms with van der Waals surface area (Å²) in [5.41, 5.74) is 2.55. The van der Waals surface area contributed by atoms with Crippen LogP contribution in [-0.2, 0) is 10.5 Å². The molecule has 0 aromatic heterocycles. The largest absolute Gasteiger partial charge is 0.351 e. The number of aryl methyl sites for hydroxylation is 1. The number of hydrogen-bond acceptors (Lipinski definition) is 3. The Morgan fingerprint density at radius 2 is 2.15 bits per heavy atom. The van der Waals surface area contributed by atoms with Crippen LogP contribution in [0.4, 0.5) is 0 Å². The van der Waals surface area contributed by atoms with Crippen molar-refractivity contribution in [2.45, 2.75) is 31.6 Å². The molecule has 0 aliphatic carbocycles. The first-order valence-corrected chi connectivity index (χ1v) is 8.03. The van der Waals surface area contributed by atoms with Gasteiger partial charge in [-0.15, -0.1) is 24.2 Å². The van der Waals surface area contributed by atoms with Gasteiger partial charge in [-0.3, -0.25) is 4.79 Å². The Morgan fingerprint density at radius 3 is 2.80 bits per heavy atom. The molecule has 1 saturated heterocycles. The highest BCUT2D eigenvalue weighted by atomic mass is 35.5. The van der Waals surface area contributed by atoms with Crippen molar-refractivity contribution < 1.29 is 4.79 Å². The second-order valence-corrected chi connectivity index (χ2v) is 6.07. The van der Waals surface area contributed by atoms with Gasteiger partial charge in [0, 0.05) is 18.3 Å². The summed E-state index contributed by atoms with van der Waals surface area (Å²) in [6, 6.07) is 8.81. The van der Waals surface area contributed by atoms with Crippen molar-refractivity contribution in [1.29, 1.82) is 0 Å². The van der Waals surface area contributed by atoms with Crippen molar-refractivity contribution in [2.75, 3.05) is 18.8 Å². The summed E-state index contributed by atoms with van der Waals surface area (Å²) in [4.78, 5) is 11.8. The van der Waals surface area contributed by atoms with E-state index in [0.717, 1.165) is 31.7 Å². The summed E-state index contributed by atoms with van der Waals surface area (Å²) < 4.78 is 0. The maximum atomic E-state index is 11.8. The summed E-state index contributed by atoms with van der Waals surface area (Å²) in [7, 11) is 0. The Bertz CT molecular complexity index is 405. The Kier molecular flexibility index (Phi) is 8.04. The third-order valence-electron chi connectivity index (χ3n) is 3.28. The minimum Gasteiger partial charge on any atom is -0.351 e. The van der Waals surface area contributed by atoms with Crippen LogP contribution in [-0.4, -0.2) is 30.8 Å². The number of amides is 1. The molecule has 1 fully saturated rings. The molecule has 3 nitrogen and oxygen atoms in total. The van der Waals surface area contributed by atoms with E-state index in [1.54, 1.807) is 11.8 Å². The van der Waals surface area contributed by atoms with Crippen molar-refractivity contribution in [3.63, 3.8) is 0 Å². The molecule has 1 aliphatic heterocycles. The third kappa shape index (κ3) is 6.16. The normalized spacial score (nSPS) is 18.1. The van der Waals surface area contributed by atoms with E-state index in [1.165, 1.54) is 11.1 Å². The van der Waals surface area contributed by atoms with Crippen LogP contribution < -0.4 is 10.6 Å². The standard InChI is InChI=1S/C15H22N2OS.ClH/c1-12-4-6-13(7-5-12)10-19-11-15(18)17-14-3-2-8-16-9-14;/h4-7,14,16H,2-3,8-11H2,1H3,(H,17,18);1H/t14-;/m0./s1. The lowest BCUT2D eigenvalue weighted by molar-refractivity contribution is -0.119. The number of thioether (sulfide) groups is 1. The number of halogens is 1. The van der Waals surface area contributed by atoms with Crippen LogP contribution in [0, 0.1) is 6.92 Å². The highest BCUT2D eigenvalue weighted by Crippen LogP contribution is 2.13. The van der Waals surface area contributed by atoms with Gasteiger partial charge >= 0.3 is 0 Å². The quantitative estimate of drug-likeness (QED) is 0.877. The van der Waals surface area contributed by atoms with Gasteiger partial charge in [-0.2, -0.15) is 0 Å². The van der Waals surface area contributed by atoms with E-state index in [4.69, 9.17) is 0 Å². The summed E-state index contributed by atoms with van der Waals surface area (Å²) in [6.45, 7) is 4.07. The fraction of sp³-hybridized carbons (Fsp3) is 0.533. The molecule has 112 valence electrons. The molecule has 1 atom stereocenters. The number of rotatable bonds is 5. The zero-order valence-electron chi connectivity index (χ0n) is 11.9. The van der Waals surface area contributed by atoms with Crippen LogP contribution in [0.1, 0.15) is 24.0 Å². The molecule has 1 heterocycles. The van der Waals surface area contributed by atoms with Crippen molar-refractivity contribution >= 4 is 30.1 Å². The zero-order valence-corrected chi connectivity index (χ0v) is 13.5. The van der Waals surface area contributed by atoms with Gasteiger partial charge in [0.2, 0.25) is 5.91 Å². The molecule has 2 N–H and O–H groups in total. The van der Waals surface area contributed by atoms with Crippen molar-refractivity contribution in [3.8, 4) is 0 Å². The molecule has 0 bridgehead atoms. The Morgan fingerprint density at radius 1 is 1.40 bits per heavy atom. The van der Waals surface area contributed by atoms with Gasteiger partial charge in [-0.1, -0.05) is 29.8 Å². The lowest BCUT2D eigenvalue weighted by Crippen LogP contribution is -2.46. The molecule has 2 rings (SSSR count). The second kappa shape index (κ2) is 9.27. The van der Waals surface area contributed by atoms with Crippen molar-refractivity contribution in [3.05, 3.63) is 35.4 Å². The lowest BCUT2D eigenvalue weighted by atomic mass is 10.1. The molecule has 0 saturated carbocycles. The Labute approximate surface area is 131 Å². The van der Waals surface area contributed by atoms with E-state index < -0.39 is 0 Å². The van der Waals surface area contributed by atoms with Crippen LogP contribution in [0.25, 0.3) is 0 Å². The van der Waals surface area contributed by atoms with Gasteiger partial charge in [0.05, 0.1) is 5.75 Å². The first-order valence-electron chi connectivity index (χ1n) is 6.87. The van der Waals surface area contributed by atoms with Crippen LogP contribution >= 0.6 is 24.2 Å². The fourth-order valence-electron chi connectivity index (χ4n) is 2.19. The molecule has 1 amide bonds. The van der Waals surface area contributed by atoms with Crippen LogP contribution in [0.15, 0.2) is 24.3 Å². The molecular weight excluding hydrogens is 292 g/mol. The van der Waals surface area contributed by atoms with Gasteiger partial charge in [0.25, 0.3) is 0 Å². The first-order chi connectivity index (χ1) is 9.24. The van der Waals surface area contributed by atoms with Gasteiger partial charge in [0.15, 0.2) is 0 Å². The number of carbonyl (C=O) groups excluding carboxylic acids is 1. The van der Waals surface area contributed by atoms with E-state index in [9.17, 15) is 4.79 Å². The van der Waals surface area contributed by atoms with E-state index >= 15 is 0 Å². The lowest BCUT2D eigenvalue weighted by Gasteiger charge is -2.23.